The number of carbonyl (C=O) groups excluding carboxylic acids is 2. The van der Waals surface area contributed by atoms with Crippen LogP contribution >= 0.6 is 0 Å². The van der Waals surface area contributed by atoms with Gasteiger partial charge in [-0.15, -0.1) is 0 Å². The Hall–Kier alpha value is -2.24. The Kier molecular flexibility index (Phi) is 9.68. The van der Waals surface area contributed by atoms with Crippen molar-refractivity contribution in [1.82, 2.24) is 0 Å². The monoisotopic (exact) mass is 380 g/mol. The molecule has 0 aromatic heterocycles. The molecule has 0 unspecified atom stereocenters. The van der Waals surface area contributed by atoms with E-state index in [9.17, 15) is 9.59 Å². The number of rotatable bonds is 12. The van der Waals surface area contributed by atoms with Crippen molar-refractivity contribution in [2.75, 3.05) is 20.8 Å². The van der Waals surface area contributed by atoms with Gasteiger partial charge in [-0.3, -0.25) is 9.59 Å². The van der Waals surface area contributed by atoms with Gasteiger partial charge in [-0.1, -0.05) is 46.1 Å². The first-order chi connectivity index (χ1) is 13.0. The van der Waals surface area contributed by atoms with E-state index in [1.54, 1.807) is 32.0 Å². The lowest BCUT2D eigenvalue weighted by Gasteiger charge is -2.27. The summed E-state index contributed by atoms with van der Waals surface area (Å²) in [5.41, 5.74) is -1.35. The second-order valence-corrected chi connectivity index (χ2v) is 6.37. The van der Waals surface area contributed by atoms with Gasteiger partial charge in [0.15, 0.2) is 16.9 Å². The third-order valence-corrected chi connectivity index (χ3v) is 4.80. The number of esters is 2. The zero-order valence-electron chi connectivity index (χ0n) is 17.1. The SMILES string of the molecule is CCCCCCOC(=O)C(CC)(CC)C(=O)Oc1c(OC)cccc1OC. The van der Waals surface area contributed by atoms with Gasteiger partial charge in [0.05, 0.1) is 20.8 Å². The van der Waals surface area contributed by atoms with Crippen molar-refractivity contribution in [2.45, 2.75) is 59.3 Å². The molecule has 27 heavy (non-hydrogen) atoms. The Morgan fingerprint density at radius 2 is 1.48 bits per heavy atom. The number of benzene rings is 1. The van der Waals surface area contributed by atoms with Gasteiger partial charge in [-0.05, 0) is 31.4 Å². The van der Waals surface area contributed by atoms with Crippen molar-refractivity contribution in [3.05, 3.63) is 18.2 Å². The van der Waals surface area contributed by atoms with Crippen LogP contribution in [-0.2, 0) is 14.3 Å². The fourth-order valence-corrected chi connectivity index (χ4v) is 2.85. The summed E-state index contributed by atoms with van der Waals surface area (Å²) in [4.78, 5) is 25.7. The van der Waals surface area contributed by atoms with Gasteiger partial charge in [0.2, 0.25) is 5.75 Å². The zero-order chi connectivity index (χ0) is 20.3. The maximum atomic E-state index is 13.0. The number of unbranched alkanes of at least 4 members (excludes halogenated alkanes) is 3. The van der Waals surface area contributed by atoms with Gasteiger partial charge in [0.25, 0.3) is 0 Å². The molecule has 1 rings (SSSR count). The maximum absolute atomic E-state index is 13.0. The topological polar surface area (TPSA) is 71.1 Å². The lowest BCUT2D eigenvalue weighted by molar-refractivity contribution is -0.168. The lowest BCUT2D eigenvalue weighted by Crippen LogP contribution is -2.42. The van der Waals surface area contributed by atoms with Gasteiger partial charge >= 0.3 is 11.9 Å². The molecule has 0 saturated heterocycles. The minimum absolute atomic E-state index is 0.162. The summed E-state index contributed by atoms with van der Waals surface area (Å²) in [7, 11) is 2.95. The van der Waals surface area contributed by atoms with Crippen molar-refractivity contribution < 1.29 is 28.5 Å². The Labute approximate surface area is 162 Å². The second-order valence-electron chi connectivity index (χ2n) is 6.37. The van der Waals surface area contributed by atoms with E-state index in [-0.39, 0.29) is 18.6 Å². The van der Waals surface area contributed by atoms with Crippen LogP contribution in [0, 0.1) is 5.41 Å². The molecule has 0 bridgehead atoms. The van der Waals surface area contributed by atoms with Crippen LogP contribution in [0.3, 0.4) is 0 Å². The van der Waals surface area contributed by atoms with Crippen LogP contribution in [0.1, 0.15) is 59.3 Å². The molecule has 0 saturated carbocycles. The second kappa shape index (κ2) is 11.5. The molecule has 1 aromatic carbocycles. The average molecular weight is 380 g/mol. The fraction of sp³-hybridized carbons (Fsp3) is 0.619. The van der Waals surface area contributed by atoms with Crippen LogP contribution in [0.15, 0.2) is 18.2 Å². The molecule has 0 aliphatic carbocycles. The van der Waals surface area contributed by atoms with Gasteiger partial charge in [-0.25, -0.2) is 0 Å². The van der Waals surface area contributed by atoms with Crippen molar-refractivity contribution in [2.24, 2.45) is 5.41 Å². The molecule has 152 valence electrons. The van der Waals surface area contributed by atoms with Gasteiger partial charge < -0.3 is 18.9 Å². The van der Waals surface area contributed by atoms with E-state index in [2.05, 4.69) is 6.92 Å². The first kappa shape index (κ1) is 22.8. The molecule has 0 atom stereocenters. The smallest absolute Gasteiger partial charge is 0.329 e. The standard InChI is InChI=1S/C21H32O6/c1-6-9-10-11-15-26-19(22)21(7-2,8-3)20(23)27-18-16(24-4)13-12-14-17(18)25-5/h12-14H,6-11,15H2,1-5H3. The Morgan fingerprint density at radius 3 is 1.96 bits per heavy atom. The summed E-state index contributed by atoms with van der Waals surface area (Å²) >= 11 is 0. The van der Waals surface area contributed by atoms with E-state index >= 15 is 0 Å². The molecular weight excluding hydrogens is 348 g/mol. The first-order valence-corrected chi connectivity index (χ1v) is 9.61. The Morgan fingerprint density at radius 1 is 0.889 bits per heavy atom. The minimum Gasteiger partial charge on any atom is -0.493 e. The number of hydrogen-bond donors (Lipinski definition) is 0. The van der Waals surface area contributed by atoms with Crippen LogP contribution in [0.4, 0.5) is 0 Å². The number of ether oxygens (including phenoxy) is 4. The summed E-state index contributed by atoms with van der Waals surface area (Å²) in [5.74, 6) is -0.320. The van der Waals surface area contributed by atoms with E-state index in [0.717, 1.165) is 25.7 Å². The molecule has 0 aliphatic heterocycles. The molecule has 0 fully saturated rings. The highest BCUT2D eigenvalue weighted by Gasteiger charge is 2.46. The average Bonchev–Trinajstić information content (AvgIpc) is 2.69. The predicted molar refractivity (Wildman–Crippen MR) is 103 cm³/mol. The lowest BCUT2D eigenvalue weighted by atomic mass is 9.82. The maximum Gasteiger partial charge on any atom is 0.329 e. The van der Waals surface area contributed by atoms with Crippen molar-refractivity contribution in [1.29, 1.82) is 0 Å². The quantitative estimate of drug-likeness (QED) is 0.229. The molecule has 0 N–H and O–H groups in total. The Bertz CT molecular complexity index is 584. The van der Waals surface area contributed by atoms with Gasteiger partial charge in [0, 0.05) is 0 Å². The number of carbonyl (C=O) groups is 2. The van der Waals surface area contributed by atoms with Crippen molar-refractivity contribution in [3.8, 4) is 17.2 Å². The fourth-order valence-electron chi connectivity index (χ4n) is 2.85. The number of para-hydroxylation sites is 1. The molecule has 0 radical (unpaired) electrons. The third-order valence-electron chi connectivity index (χ3n) is 4.80. The molecule has 0 heterocycles. The van der Waals surface area contributed by atoms with Crippen molar-refractivity contribution in [3.63, 3.8) is 0 Å². The molecule has 6 nitrogen and oxygen atoms in total. The van der Waals surface area contributed by atoms with E-state index in [1.165, 1.54) is 14.2 Å². The molecule has 1 aromatic rings. The van der Waals surface area contributed by atoms with Crippen LogP contribution in [0.25, 0.3) is 0 Å². The molecular formula is C21H32O6. The highest BCUT2D eigenvalue weighted by molar-refractivity contribution is 6.01. The van der Waals surface area contributed by atoms with E-state index in [0.29, 0.717) is 18.1 Å². The van der Waals surface area contributed by atoms with Gasteiger partial charge in [0.1, 0.15) is 0 Å². The summed E-state index contributed by atoms with van der Waals surface area (Å²) in [6.07, 6.45) is 4.56. The van der Waals surface area contributed by atoms with E-state index in [1.807, 2.05) is 0 Å². The normalized spacial score (nSPS) is 11.0. The minimum atomic E-state index is -1.35. The molecule has 6 heteroatoms. The molecule has 0 aliphatic rings. The van der Waals surface area contributed by atoms with E-state index < -0.39 is 17.4 Å². The predicted octanol–water partition coefficient (Wildman–Crippen LogP) is 4.54. The van der Waals surface area contributed by atoms with Crippen LogP contribution in [0.5, 0.6) is 17.2 Å². The Balaban J connectivity index is 2.96. The molecule has 0 spiro atoms. The number of methoxy groups -OCH3 is 2. The third kappa shape index (κ3) is 5.62. The van der Waals surface area contributed by atoms with Crippen LogP contribution in [-0.4, -0.2) is 32.8 Å². The van der Waals surface area contributed by atoms with Crippen LogP contribution < -0.4 is 14.2 Å². The number of hydrogen-bond acceptors (Lipinski definition) is 6. The summed E-state index contributed by atoms with van der Waals surface area (Å²) in [6, 6.07) is 5.06. The first-order valence-electron chi connectivity index (χ1n) is 9.61. The van der Waals surface area contributed by atoms with Crippen molar-refractivity contribution >= 4 is 11.9 Å². The van der Waals surface area contributed by atoms with Gasteiger partial charge in [-0.2, -0.15) is 0 Å². The van der Waals surface area contributed by atoms with Crippen LogP contribution in [0.2, 0.25) is 0 Å². The highest BCUT2D eigenvalue weighted by atomic mass is 16.6. The summed E-state index contributed by atoms with van der Waals surface area (Å²) in [5, 5.41) is 0. The summed E-state index contributed by atoms with van der Waals surface area (Å²) < 4.78 is 21.5. The largest absolute Gasteiger partial charge is 0.493 e. The molecule has 0 amide bonds. The van der Waals surface area contributed by atoms with E-state index in [4.69, 9.17) is 18.9 Å². The summed E-state index contributed by atoms with van der Waals surface area (Å²) in [6.45, 7) is 5.99. The zero-order valence-corrected chi connectivity index (χ0v) is 17.1. The highest BCUT2D eigenvalue weighted by Crippen LogP contribution is 2.39.